The molecule has 18 heavy (non-hydrogen) atoms. The standard InChI is InChI=1S/C12H17N3O3/c16-11(9-10-1-4-13-14-10)15-5-2-12(3-6-15)17-7-8-18-12/h1,4H,2-3,5-9H2,(H,13,14). The number of carbonyl (C=O) groups is 1. The van der Waals surface area contributed by atoms with Gasteiger partial charge in [-0.25, -0.2) is 0 Å². The van der Waals surface area contributed by atoms with Gasteiger partial charge in [0.25, 0.3) is 0 Å². The van der Waals surface area contributed by atoms with Crippen molar-refractivity contribution in [2.45, 2.75) is 25.0 Å². The number of amides is 1. The second-order valence-corrected chi connectivity index (χ2v) is 4.75. The van der Waals surface area contributed by atoms with Gasteiger partial charge in [0.15, 0.2) is 5.79 Å². The Kier molecular flexibility index (Phi) is 3.05. The molecule has 0 unspecified atom stereocenters. The van der Waals surface area contributed by atoms with E-state index in [4.69, 9.17) is 9.47 Å². The van der Waals surface area contributed by atoms with E-state index in [-0.39, 0.29) is 5.91 Å². The van der Waals surface area contributed by atoms with E-state index in [0.717, 1.165) is 18.5 Å². The molecular weight excluding hydrogens is 234 g/mol. The fraction of sp³-hybridized carbons (Fsp3) is 0.667. The number of H-pyrrole nitrogens is 1. The zero-order chi connectivity index (χ0) is 12.4. The first kappa shape index (κ1) is 11.7. The summed E-state index contributed by atoms with van der Waals surface area (Å²) in [5.74, 6) is -0.280. The molecule has 2 aliphatic rings. The molecule has 1 aromatic rings. The zero-order valence-electron chi connectivity index (χ0n) is 10.2. The lowest BCUT2D eigenvalue weighted by molar-refractivity contribution is -0.187. The Labute approximate surface area is 105 Å². The van der Waals surface area contributed by atoms with E-state index in [1.807, 2.05) is 11.0 Å². The first-order valence-electron chi connectivity index (χ1n) is 6.31. The van der Waals surface area contributed by atoms with Gasteiger partial charge in [0, 0.05) is 37.8 Å². The average molecular weight is 251 g/mol. The fourth-order valence-electron chi connectivity index (χ4n) is 2.54. The van der Waals surface area contributed by atoms with Gasteiger partial charge in [-0.05, 0) is 6.07 Å². The van der Waals surface area contributed by atoms with Crippen LogP contribution in [0.5, 0.6) is 0 Å². The molecule has 2 saturated heterocycles. The maximum atomic E-state index is 12.1. The quantitative estimate of drug-likeness (QED) is 0.822. The van der Waals surface area contributed by atoms with Crippen molar-refractivity contribution in [1.29, 1.82) is 0 Å². The maximum Gasteiger partial charge on any atom is 0.228 e. The summed E-state index contributed by atoms with van der Waals surface area (Å²) in [6.45, 7) is 2.74. The van der Waals surface area contributed by atoms with Gasteiger partial charge in [-0.15, -0.1) is 0 Å². The van der Waals surface area contributed by atoms with Crippen molar-refractivity contribution in [2.75, 3.05) is 26.3 Å². The Morgan fingerprint density at radius 3 is 2.72 bits per heavy atom. The number of likely N-dealkylation sites (tertiary alicyclic amines) is 1. The summed E-state index contributed by atoms with van der Waals surface area (Å²) in [5, 5.41) is 6.65. The molecule has 3 heterocycles. The summed E-state index contributed by atoms with van der Waals surface area (Å²) in [6.07, 6.45) is 3.58. The van der Waals surface area contributed by atoms with Gasteiger partial charge in [0.05, 0.1) is 19.6 Å². The van der Waals surface area contributed by atoms with Crippen LogP contribution in [0.3, 0.4) is 0 Å². The third kappa shape index (κ3) is 2.26. The van der Waals surface area contributed by atoms with Gasteiger partial charge in [-0.3, -0.25) is 9.89 Å². The minimum Gasteiger partial charge on any atom is -0.347 e. The number of aromatic amines is 1. The molecular formula is C12H17N3O3. The lowest BCUT2D eigenvalue weighted by Crippen LogP contribution is -2.47. The van der Waals surface area contributed by atoms with E-state index < -0.39 is 5.79 Å². The number of hydrogen-bond donors (Lipinski definition) is 1. The average Bonchev–Trinajstić information content (AvgIpc) is 3.03. The molecule has 0 aromatic carbocycles. The van der Waals surface area contributed by atoms with Crippen LogP contribution in [0.2, 0.25) is 0 Å². The van der Waals surface area contributed by atoms with Crippen LogP contribution >= 0.6 is 0 Å². The lowest BCUT2D eigenvalue weighted by atomic mass is 10.0. The van der Waals surface area contributed by atoms with Crippen molar-refractivity contribution < 1.29 is 14.3 Å². The Balaban J connectivity index is 1.54. The number of carbonyl (C=O) groups excluding carboxylic acids is 1. The number of nitrogens with one attached hydrogen (secondary N) is 1. The molecule has 0 bridgehead atoms. The highest BCUT2D eigenvalue weighted by Gasteiger charge is 2.40. The summed E-state index contributed by atoms with van der Waals surface area (Å²) >= 11 is 0. The topological polar surface area (TPSA) is 67.5 Å². The van der Waals surface area contributed by atoms with E-state index in [2.05, 4.69) is 10.2 Å². The molecule has 2 fully saturated rings. The highest BCUT2D eigenvalue weighted by Crippen LogP contribution is 2.31. The monoisotopic (exact) mass is 251 g/mol. The number of hydrogen-bond acceptors (Lipinski definition) is 4. The summed E-state index contributed by atoms with van der Waals surface area (Å²) in [5.41, 5.74) is 0.855. The van der Waals surface area contributed by atoms with Gasteiger partial charge >= 0.3 is 0 Å². The second-order valence-electron chi connectivity index (χ2n) is 4.75. The Morgan fingerprint density at radius 2 is 2.11 bits per heavy atom. The predicted molar refractivity (Wildman–Crippen MR) is 62.7 cm³/mol. The summed E-state index contributed by atoms with van der Waals surface area (Å²) in [4.78, 5) is 13.9. The van der Waals surface area contributed by atoms with Crippen LogP contribution in [0.25, 0.3) is 0 Å². The fourth-order valence-corrected chi connectivity index (χ4v) is 2.54. The smallest absolute Gasteiger partial charge is 0.228 e. The minimum absolute atomic E-state index is 0.132. The third-order valence-electron chi connectivity index (χ3n) is 3.59. The van der Waals surface area contributed by atoms with Gasteiger partial charge < -0.3 is 14.4 Å². The maximum absolute atomic E-state index is 12.1. The molecule has 0 aliphatic carbocycles. The van der Waals surface area contributed by atoms with Crippen LogP contribution in [0.1, 0.15) is 18.5 Å². The zero-order valence-corrected chi connectivity index (χ0v) is 10.2. The SMILES string of the molecule is O=C(Cc1ccn[nH]1)N1CCC2(CC1)OCCO2. The van der Waals surface area contributed by atoms with E-state index in [1.165, 1.54) is 0 Å². The first-order chi connectivity index (χ1) is 8.77. The number of ether oxygens (including phenoxy) is 2. The normalized spacial score (nSPS) is 22.6. The second kappa shape index (κ2) is 4.70. The van der Waals surface area contributed by atoms with Crippen molar-refractivity contribution >= 4 is 5.91 Å². The van der Waals surface area contributed by atoms with Gasteiger partial charge in [0.2, 0.25) is 5.91 Å². The Morgan fingerprint density at radius 1 is 1.39 bits per heavy atom. The van der Waals surface area contributed by atoms with Crippen LogP contribution in [0.4, 0.5) is 0 Å². The minimum atomic E-state index is -0.412. The van der Waals surface area contributed by atoms with E-state index in [0.29, 0.717) is 32.7 Å². The molecule has 0 radical (unpaired) electrons. The van der Waals surface area contributed by atoms with Crippen LogP contribution in [0.15, 0.2) is 12.3 Å². The van der Waals surface area contributed by atoms with Crippen molar-refractivity contribution in [3.05, 3.63) is 18.0 Å². The van der Waals surface area contributed by atoms with E-state index >= 15 is 0 Å². The number of rotatable bonds is 2. The van der Waals surface area contributed by atoms with Gasteiger partial charge in [-0.2, -0.15) is 5.10 Å². The van der Waals surface area contributed by atoms with Crippen LogP contribution in [-0.4, -0.2) is 53.1 Å². The molecule has 0 saturated carbocycles. The molecule has 1 N–H and O–H groups in total. The third-order valence-corrected chi connectivity index (χ3v) is 3.59. The summed E-state index contributed by atoms with van der Waals surface area (Å²) in [6, 6.07) is 1.83. The van der Waals surface area contributed by atoms with Crippen molar-refractivity contribution in [3.63, 3.8) is 0 Å². The molecule has 6 nitrogen and oxygen atoms in total. The Bertz CT molecular complexity index is 402. The number of aromatic nitrogens is 2. The largest absolute Gasteiger partial charge is 0.347 e. The van der Waals surface area contributed by atoms with Crippen LogP contribution in [0, 0.1) is 0 Å². The van der Waals surface area contributed by atoms with Gasteiger partial charge in [0.1, 0.15) is 0 Å². The molecule has 1 amide bonds. The van der Waals surface area contributed by atoms with Gasteiger partial charge in [-0.1, -0.05) is 0 Å². The lowest BCUT2D eigenvalue weighted by Gasteiger charge is -2.37. The summed E-state index contributed by atoms with van der Waals surface area (Å²) < 4.78 is 11.3. The number of piperidine rings is 1. The van der Waals surface area contributed by atoms with Crippen LogP contribution in [-0.2, 0) is 20.7 Å². The molecule has 6 heteroatoms. The van der Waals surface area contributed by atoms with Crippen molar-refractivity contribution in [1.82, 2.24) is 15.1 Å². The Hall–Kier alpha value is -1.40. The van der Waals surface area contributed by atoms with Crippen molar-refractivity contribution in [2.24, 2.45) is 0 Å². The highest BCUT2D eigenvalue weighted by atomic mass is 16.7. The molecule has 0 atom stereocenters. The first-order valence-corrected chi connectivity index (χ1v) is 6.31. The molecule has 3 rings (SSSR count). The number of nitrogens with zero attached hydrogens (tertiary/aromatic N) is 2. The van der Waals surface area contributed by atoms with Crippen molar-refractivity contribution in [3.8, 4) is 0 Å². The van der Waals surface area contributed by atoms with E-state index in [1.54, 1.807) is 6.20 Å². The predicted octanol–water partition coefficient (Wildman–Crippen LogP) is 0.318. The summed E-state index contributed by atoms with van der Waals surface area (Å²) in [7, 11) is 0. The molecule has 1 spiro atoms. The van der Waals surface area contributed by atoms with E-state index in [9.17, 15) is 4.79 Å². The van der Waals surface area contributed by atoms with Crippen LogP contribution < -0.4 is 0 Å². The molecule has 2 aliphatic heterocycles. The highest BCUT2D eigenvalue weighted by molar-refractivity contribution is 5.78. The molecule has 98 valence electrons. The molecule has 1 aromatic heterocycles.